The Morgan fingerprint density at radius 2 is 1.29 bits per heavy atom. The summed E-state index contributed by atoms with van der Waals surface area (Å²) in [5.41, 5.74) is 8.14. The van der Waals surface area contributed by atoms with Gasteiger partial charge in [0.15, 0.2) is 12.6 Å². The van der Waals surface area contributed by atoms with Crippen LogP contribution in [0.25, 0.3) is 10.4 Å². The molecule has 0 aromatic carbocycles. The quantitative estimate of drug-likeness (QED) is 0.0521. The SMILES string of the molecule is [N-]=[N+]=NCCOCCOCCO[C@@H]1O[C@H](CO)[C@@H](O[C@@H]2O[C@H](CO)[C@H](O)[C@H](O)[C@H]2O)[C@H](O)[C@@H]1O. The van der Waals surface area contributed by atoms with E-state index in [0.717, 1.165) is 0 Å². The summed E-state index contributed by atoms with van der Waals surface area (Å²) >= 11 is 0. The van der Waals surface area contributed by atoms with Gasteiger partial charge >= 0.3 is 0 Å². The van der Waals surface area contributed by atoms with Crippen molar-refractivity contribution >= 4 is 0 Å². The molecule has 34 heavy (non-hydrogen) atoms. The highest BCUT2D eigenvalue weighted by Crippen LogP contribution is 2.29. The standard InChI is InChI=1S/C18H33N3O13/c19-21-20-1-2-29-3-4-30-5-6-31-17-15(28)13(26)16(10(8-23)33-17)34-18-14(27)12(25)11(24)9(7-22)32-18/h9-18,22-28H,1-8H2/t9-,10-,11+,12+,13-,14-,15+,16-,17-,18+/m1/s1. The minimum atomic E-state index is -1.74. The van der Waals surface area contributed by atoms with E-state index >= 15 is 0 Å². The second kappa shape index (κ2) is 15.0. The van der Waals surface area contributed by atoms with Gasteiger partial charge in [-0.1, -0.05) is 5.11 Å². The third-order valence-corrected chi connectivity index (χ3v) is 5.24. The maximum absolute atomic E-state index is 10.5. The molecule has 0 spiro atoms. The molecule has 7 N–H and O–H groups in total. The molecule has 198 valence electrons. The first-order chi connectivity index (χ1) is 16.3. The highest BCUT2D eigenvalue weighted by Gasteiger charge is 2.50. The number of hydrogen-bond acceptors (Lipinski definition) is 14. The lowest BCUT2D eigenvalue weighted by Crippen LogP contribution is -2.64. The molecule has 16 nitrogen and oxygen atoms in total. The number of ether oxygens (including phenoxy) is 6. The Labute approximate surface area is 194 Å². The van der Waals surface area contributed by atoms with Crippen molar-refractivity contribution in [1.82, 2.24) is 0 Å². The number of aliphatic hydroxyl groups excluding tert-OH is 7. The summed E-state index contributed by atoms with van der Waals surface area (Å²) in [6, 6.07) is 0. The van der Waals surface area contributed by atoms with Crippen molar-refractivity contribution in [3.63, 3.8) is 0 Å². The molecule has 0 aromatic rings. The predicted molar refractivity (Wildman–Crippen MR) is 108 cm³/mol. The lowest BCUT2D eigenvalue weighted by atomic mass is 9.97. The summed E-state index contributed by atoms with van der Waals surface area (Å²) < 4.78 is 32.0. The molecule has 2 fully saturated rings. The molecule has 2 saturated heterocycles. The minimum absolute atomic E-state index is 0.0243. The van der Waals surface area contributed by atoms with Crippen LogP contribution in [0, 0.1) is 0 Å². The molecule has 2 aliphatic heterocycles. The van der Waals surface area contributed by atoms with Gasteiger partial charge in [0.1, 0.15) is 48.8 Å². The van der Waals surface area contributed by atoms with E-state index in [2.05, 4.69) is 10.0 Å². The van der Waals surface area contributed by atoms with Gasteiger partial charge in [-0.3, -0.25) is 0 Å². The normalized spacial score (nSPS) is 38.4. The molecular weight excluding hydrogens is 466 g/mol. The highest BCUT2D eigenvalue weighted by molar-refractivity contribution is 4.94. The van der Waals surface area contributed by atoms with Crippen LogP contribution in [0.5, 0.6) is 0 Å². The fraction of sp³-hybridized carbons (Fsp3) is 1.00. The first-order valence-electron chi connectivity index (χ1n) is 10.7. The largest absolute Gasteiger partial charge is 0.394 e. The average Bonchev–Trinajstić information content (AvgIpc) is 2.84. The molecule has 2 heterocycles. The molecule has 0 aliphatic carbocycles. The Hall–Kier alpha value is -1.21. The molecule has 16 heteroatoms. The van der Waals surface area contributed by atoms with Crippen molar-refractivity contribution in [3.05, 3.63) is 10.4 Å². The third kappa shape index (κ3) is 7.91. The van der Waals surface area contributed by atoms with Crippen LogP contribution >= 0.6 is 0 Å². The molecule has 2 rings (SSSR count). The molecule has 0 unspecified atom stereocenters. The lowest BCUT2D eigenvalue weighted by molar-refractivity contribution is -0.359. The van der Waals surface area contributed by atoms with Crippen molar-refractivity contribution in [2.75, 3.05) is 52.8 Å². The van der Waals surface area contributed by atoms with Gasteiger partial charge in [0.05, 0.1) is 46.2 Å². The zero-order chi connectivity index (χ0) is 25.1. The van der Waals surface area contributed by atoms with Crippen LogP contribution in [0.2, 0.25) is 0 Å². The second-order valence-corrected chi connectivity index (χ2v) is 7.55. The number of nitrogens with zero attached hydrogens (tertiary/aromatic N) is 3. The molecule has 0 saturated carbocycles. The van der Waals surface area contributed by atoms with Crippen molar-refractivity contribution in [2.24, 2.45) is 5.11 Å². The van der Waals surface area contributed by atoms with Crippen LogP contribution in [0.1, 0.15) is 0 Å². The fourth-order valence-electron chi connectivity index (χ4n) is 3.39. The Balaban J connectivity index is 1.79. The molecular formula is C18H33N3O13. The van der Waals surface area contributed by atoms with Crippen LogP contribution < -0.4 is 0 Å². The molecule has 0 radical (unpaired) electrons. The number of azide groups is 1. The maximum atomic E-state index is 10.5. The van der Waals surface area contributed by atoms with E-state index in [1.807, 2.05) is 0 Å². The number of rotatable bonds is 14. The zero-order valence-electron chi connectivity index (χ0n) is 18.4. The van der Waals surface area contributed by atoms with E-state index in [9.17, 15) is 35.7 Å². The minimum Gasteiger partial charge on any atom is -0.394 e. The molecule has 10 atom stereocenters. The van der Waals surface area contributed by atoms with Gasteiger partial charge < -0.3 is 64.2 Å². The summed E-state index contributed by atoms with van der Waals surface area (Å²) in [7, 11) is 0. The smallest absolute Gasteiger partial charge is 0.187 e. The fourth-order valence-corrected chi connectivity index (χ4v) is 3.39. The van der Waals surface area contributed by atoms with E-state index < -0.39 is 74.6 Å². The Kier molecular flexibility index (Phi) is 12.8. The lowest BCUT2D eigenvalue weighted by Gasteiger charge is -2.45. The van der Waals surface area contributed by atoms with Crippen molar-refractivity contribution in [2.45, 2.75) is 61.4 Å². The van der Waals surface area contributed by atoms with Gasteiger partial charge in [0, 0.05) is 11.5 Å². The van der Waals surface area contributed by atoms with Gasteiger partial charge in [-0.2, -0.15) is 0 Å². The molecule has 0 aromatic heterocycles. The van der Waals surface area contributed by atoms with Crippen molar-refractivity contribution in [1.29, 1.82) is 0 Å². The molecule has 0 amide bonds. The highest BCUT2D eigenvalue weighted by atomic mass is 16.7. The maximum Gasteiger partial charge on any atom is 0.187 e. The van der Waals surface area contributed by atoms with E-state index in [1.54, 1.807) is 0 Å². The number of aliphatic hydroxyl groups is 7. The van der Waals surface area contributed by atoms with Crippen molar-refractivity contribution < 1.29 is 64.2 Å². The van der Waals surface area contributed by atoms with Gasteiger partial charge in [-0.15, -0.1) is 0 Å². The molecule has 2 aliphatic rings. The summed E-state index contributed by atoms with van der Waals surface area (Å²) in [6.07, 6.45) is -15.1. The molecule has 0 bridgehead atoms. The summed E-state index contributed by atoms with van der Waals surface area (Å²) in [6.45, 7) is -0.266. The van der Waals surface area contributed by atoms with E-state index in [1.165, 1.54) is 0 Å². The topological polar surface area (TPSA) is 246 Å². The van der Waals surface area contributed by atoms with Crippen LogP contribution in [-0.4, -0.2) is 150 Å². The van der Waals surface area contributed by atoms with Gasteiger partial charge in [-0.25, -0.2) is 0 Å². The second-order valence-electron chi connectivity index (χ2n) is 7.55. The van der Waals surface area contributed by atoms with E-state index in [-0.39, 0.29) is 39.6 Å². The summed E-state index contributed by atoms with van der Waals surface area (Å²) in [5.74, 6) is 0. The summed E-state index contributed by atoms with van der Waals surface area (Å²) in [5, 5.41) is 73.0. The van der Waals surface area contributed by atoms with Crippen LogP contribution in [0.4, 0.5) is 0 Å². The monoisotopic (exact) mass is 499 g/mol. The average molecular weight is 499 g/mol. The van der Waals surface area contributed by atoms with Gasteiger partial charge in [0.2, 0.25) is 0 Å². The van der Waals surface area contributed by atoms with Crippen LogP contribution in [0.3, 0.4) is 0 Å². The third-order valence-electron chi connectivity index (χ3n) is 5.24. The first kappa shape index (κ1) is 29.0. The number of hydrogen-bond donors (Lipinski definition) is 7. The predicted octanol–water partition coefficient (Wildman–Crippen LogP) is -4.03. The zero-order valence-corrected chi connectivity index (χ0v) is 18.4. The Morgan fingerprint density at radius 3 is 1.94 bits per heavy atom. The van der Waals surface area contributed by atoms with E-state index in [0.29, 0.717) is 0 Å². The Morgan fingerprint density at radius 1 is 0.706 bits per heavy atom. The van der Waals surface area contributed by atoms with Gasteiger partial charge in [-0.05, 0) is 5.53 Å². The summed E-state index contributed by atoms with van der Waals surface area (Å²) in [4.78, 5) is 2.59. The van der Waals surface area contributed by atoms with Gasteiger partial charge in [0.25, 0.3) is 0 Å². The Bertz CT molecular complexity index is 624. The first-order valence-corrected chi connectivity index (χ1v) is 10.7. The van der Waals surface area contributed by atoms with E-state index in [4.69, 9.17) is 34.0 Å². The van der Waals surface area contributed by atoms with Crippen LogP contribution in [-0.2, 0) is 28.4 Å². The van der Waals surface area contributed by atoms with Crippen LogP contribution in [0.15, 0.2) is 5.11 Å². The van der Waals surface area contributed by atoms with Crippen molar-refractivity contribution in [3.8, 4) is 0 Å².